The van der Waals surface area contributed by atoms with Crippen molar-refractivity contribution in [2.45, 2.75) is 6.92 Å². The number of para-hydroxylation sites is 1. The van der Waals surface area contributed by atoms with Crippen LogP contribution in [0.5, 0.6) is 0 Å². The van der Waals surface area contributed by atoms with E-state index in [1.54, 1.807) is 0 Å². The average Bonchev–Trinajstić information content (AvgIpc) is 3.72. The van der Waals surface area contributed by atoms with Gasteiger partial charge in [-0.15, -0.1) is 0 Å². The third-order valence-electron chi connectivity index (χ3n) is 12.9. The van der Waals surface area contributed by atoms with Crippen LogP contribution in [0.1, 0.15) is 12.5 Å². The van der Waals surface area contributed by atoms with Crippen LogP contribution < -0.4 is 0 Å². The smallest absolute Gasteiger partial charge is 0.161 e. The first-order chi connectivity index (χ1) is 32.7. The number of fused-ring (bicyclic) bond motifs is 7. The van der Waals surface area contributed by atoms with Gasteiger partial charge in [0.1, 0.15) is 0 Å². The minimum absolute atomic E-state index is 0.705. The molecule has 310 valence electrons. The van der Waals surface area contributed by atoms with Gasteiger partial charge < -0.3 is 4.57 Å². The Labute approximate surface area is 383 Å². The molecule has 0 amide bonds. The molecular formula is C63H43N3. The maximum Gasteiger partial charge on any atom is 0.161 e. The van der Waals surface area contributed by atoms with Crippen molar-refractivity contribution < 1.29 is 0 Å². The minimum atomic E-state index is 0.705. The fourth-order valence-electron chi connectivity index (χ4n) is 9.70. The monoisotopic (exact) mass is 841 g/mol. The van der Waals surface area contributed by atoms with Gasteiger partial charge in [-0.25, -0.2) is 9.97 Å². The van der Waals surface area contributed by atoms with E-state index in [1.807, 2.05) is 6.92 Å². The van der Waals surface area contributed by atoms with Gasteiger partial charge in [0.05, 0.1) is 22.2 Å². The third kappa shape index (κ3) is 6.95. The first kappa shape index (κ1) is 39.0. The second-order valence-corrected chi connectivity index (χ2v) is 16.9. The molecule has 12 aromatic rings. The molecule has 0 fully saturated rings. The summed E-state index contributed by atoms with van der Waals surface area (Å²) in [7, 11) is 0. The van der Waals surface area contributed by atoms with Crippen LogP contribution in [0.15, 0.2) is 237 Å². The average molecular weight is 842 g/mol. The van der Waals surface area contributed by atoms with Gasteiger partial charge in [-0.1, -0.05) is 188 Å². The number of hydrogen-bond donors (Lipinski definition) is 0. The van der Waals surface area contributed by atoms with Crippen molar-refractivity contribution in [1.82, 2.24) is 14.5 Å². The molecule has 2 heterocycles. The fraction of sp³-hybridized carbons (Fsp3) is 0.0159. The van der Waals surface area contributed by atoms with E-state index in [-0.39, 0.29) is 0 Å². The van der Waals surface area contributed by atoms with Crippen LogP contribution in [0.25, 0.3) is 122 Å². The lowest BCUT2D eigenvalue weighted by Gasteiger charge is -2.14. The highest BCUT2D eigenvalue weighted by Gasteiger charge is 2.18. The van der Waals surface area contributed by atoms with Crippen LogP contribution in [-0.2, 0) is 0 Å². The van der Waals surface area contributed by atoms with E-state index in [2.05, 4.69) is 247 Å². The molecule has 0 unspecified atom stereocenters. The molecule has 0 saturated carbocycles. The van der Waals surface area contributed by atoms with Gasteiger partial charge in [0.2, 0.25) is 0 Å². The Hall–Kier alpha value is -8.66. The predicted molar refractivity (Wildman–Crippen MR) is 280 cm³/mol. The molecule has 0 aliphatic carbocycles. The van der Waals surface area contributed by atoms with E-state index in [0.717, 1.165) is 49.7 Å². The van der Waals surface area contributed by atoms with Gasteiger partial charge in [0.25, 0.3) is 0 Å². The summed E-state index contributed by atoms with van der Waals surface area (Å²) in [6.07, 6.45) is 8.40. The van der Waals surface area contributed by atoms with Crippen molar-refractivity contribution in [1.29, 1.82) is 0 Å². The molecule has 2 aromatic heterocycles. The zero-order valence-electron chi connectivity index (χ0n) is 36.4. The molecule has 0 spiro atoms. The summed E-state index contributed by atoms with van der Waals surface area (Å²) in [5.41, 5.74) is 15.6. The molecule has 0 aliphatic rings. The Morgan fingerprint density at radius 1 is 0.394 bits per heavy atom. The van der Waals surface area contributed by atoms with Crippen LogP contribution in [-0.4, -0.2) is 14.5 Å². The number of benzene rings is 10. The molecule has 66 heavy (non-hydrogen) atoms. The zero-order valence-corrected chi connectivity index (χ0v) is 36.4. The topological polar surface area (TPSA) is 30.7 Å². The molecule has 3 heteroatoms. The van der Waals surface area contributed by atoms with Crippen molar-refractivity contribution in [2.24, 2.45) is 0 Å². The first-order valence-electron chi connectivity index (χ1n) is 22.6. The highest BCUT2D eigenvalue weighted by Crippen LogP contribution is 2.40. The SMILES string of the molecule is C/C=C\C=C/c1ccc2c(c1)c1c3ccccc3ccc1n2-c1ccc2c(-c3nc(-c4ccc(-c5cc(-c6ccccc6)cc(-c6ccccc6)c5)cc4)c4ccccc4n3)cccc2c1. The van der Waals surface area contributed by atoms with Crippen molar-refractivity contribution in [2.75, 3.05) is 0 Å². The van der Waals surface area contributed by atoms with Crippen molar-refractivity contribution in [3.63, 3.8) is 0 Å². The van der Waals surface area contributed by atoms with Crippen LogP contribution >= 0.6 is 0 Å². The highest BCUT2D eigenvalue weighted by molar-refractivity contribution is 6.21. The summed E-state index contributed by atoms with van der Waals surface area (Å²) >= 11 is 0. The molecule has 0 atom stereocenters. The van der Waals surface area contributed by atoms with Gasteiger partial charge in [-0.3, -0.25) is 0 Å². The van der Waals surface area contributed by atoms with E-state index in [1.165, 1.54) is 66.0 Å². The lowest BCUT2D eigenvalue weighted by molar-refractivity contribution is 1.19. The Bertz CT molecular complexity index is 3800. The Kier molecular flexibility index (Phi) is 9.73. The summed E-state index contributed by atoms with van der Waals surface area (Å²) in [5.74, 6) is 0.705. The lowest BCUT2D eigenvalue weighted by Crippen LogP contribution is -1.97. The quantitative estimate of drug-likeness (QED) is 0.143. The predicted octanol–water partition coefficient (Wildman–Crippen LogP) is 17.0. The zero-order chi connectivity index (χ0) is 44.0. The maximum atomic E-state index is 5.39. The molecule has 0 radical (unpaired) electrons. The molecule has 0 aliphatic heterocycles. The Balaban J connectivity index is 0.956. The summed E-state index contributed by atoms with van der Waals surface area (Å²) in [6, 6.07) is 78.7. The standard InChI is InChI=1S/C63H43N3/c1-2-3-6-16-42-27-35-59-57(37-42)61-54-23-12-11-21-46(54)32-36-60(61)66(59)52-33-34-53-48(41-52)22-15-25-55(53)63-64-58-26-14-13-24-56(58)62(65-63)47-30-28-45(29-31-47)51-39-49(43-17-7-4-8-18-43)38-50(40-51)44-19-9-5-10-20-44/h2-41H,1H3/b3-2-,16-6-. The number of hydrogen-bond acceptors (Lipinski definition) is 2. The van der Waals surface area contributed by atoms with Gasteiger partial charge >= 0.3 is 0 Å². The first-order valence-corrected chi connectivity index (χ1v) is 22.6. The number of allylic oxidation sites excluding steroid dienone is 3. The highest BCUT2D eigenvalue weighted by atomic mass is 15.0. The molecule has 10 aromatic carbocycles. The van der Waals surface area contributed by atoms with Crippen LogP contribution in [0.2, 0.25) is 0 Å². The van der Waals surface area contributed by atoms with Crippen LogP contribution in [0, 0.1) is 0 Å². The van der Waals surface area contributed by atoms with Crippen LogP contribution in [0.4, 0.5) is 0 Å². The van der Waals surface area contributed by atoms with Crippen molar-refractivity contribution in [3.05, 3.63) is 242 Å². The Morgan fingerprint density at radius 2 is 1.03 bits per heavy atom. The minimum Gasteiger partial charge on any atom is -0.309 e. The second kappa shape index (κ2) is 16.5. The van der Waals surface area contributed by atoms with E-state index in [0.29, 0.717) is 5.82 Å². The molecule has 0 N–H and O–H groups in total. The lowest BCUT2D eigenvalue weighted by atomic mass is 9.93. The van der Waals surface area contributed by atoms with E-state index >= 15 is 0 Å². The molecule has 12 rings (SSSR count). The molecular weight excluding hydrogens is 799 g/mol. The number of aromatic nitrogens is 3. The van der Waals surface area contributed by atoms with E-state index < -0.39 is 0 Å². The van der Waals surface area contributed by atoms with Crippen molar-refractivity contribution >= 4 is 60.3 Å². The van der Waals surface area contributed by atoms with Gasteiger partial charge in [-0.05, 0) is 122 Å². The molecule has 3 nitrogen and oxygen atoms in total. The van der Waals surface area contributed by atoms with Crippen LogP contribution in [0.3, 0.4) is 0 Å². The fourth-order valence-corrected chi connectivity index (χ4v) is 9.70. The number of rotatable bonds is 8. The van der Waals surface area contributed by atoms with Gasteiger partial charge in [-0.2, -0.15) is 0 Å². The van der Waals surface area contributed by atoms with E-state index in [9.17, 15) is 0 Å². The molecule has 0 saturated heterocycles. The third-order valence-corrected chi connectivity index (χ3v) is 12.9. The normalized spacial score (nSPS) is 11.9. The maximum absolute atomic E-state index is 5.39. The Morgan fingerprint density at radius 3 is 1.77 bits per heavy atom. The summed E-state index contributed by atoms with van der Waals surface area (Å²) in [5, 5.41) is 8.24. The largest absolute Gasteiger partial charge is 0.309 e. The summed E-state index contributed by atoms with van der Waals surface area (Å²) in [6.45, 7) is 2.04. The van der Waals surface area contributed by atoms with E-state index in [4.69, 9.17) is 9.97 Å². The molecule has 0 bridgehead atoms. The summed E-state index contributed by atoms with van der Waals surface area (Å²) in [4.78, 5) is 10.6. The summed E-state index contributed by atoms with van der Waals surface area (Å²) < 4.78 is 2.41. The van der Waals surface area contributed by atoms with Gasteiger partial charge in [0, 0.05) is 33.0 Å². The second-order valence-electron chi connectivity index (χ2n) is 16.9. The van der Waals surface area contributed by atoms with Crippen molar-refractivity contribution in [3.8, 4) is 61.7 Å². The number of nitrogens with zero attached hydrogens (tertiary/aromatic N) is 3. The van der Waals surface area contributed by atoms with Gasteiger partial charge in [0.15, 0.2) is 5.82 Å².